The van der Waals surface area contributed by atoms with Gasteiger partial charge in [0, 0.05) is 18.1 Å². The number of aromatic nitrogens is 1. The minimum Gasteiger partial charge on any atom is -0.313 e. The van der Waals surface area contributed by atoms with Crippen molar-refractivity contribution >= 4 is 23.1 Å². The molecule has 1 aromatic carbocycles. The van der Waals surface area contributed by atoms with E-state index in [9.17, 15) is 4.39 Å². The summed E-state index contributed by atoms with van der Waals surface area (Å²) in [6.07, 6.45) is 1.73. The second-order valence-electron chi connectivity index (χ2n) is 3.41. The Bertz CT molecular complexity index is 471. The van der Waals surface area contributed by atoms with E-state index in [1.54, 1.807) is 12.3 Å². The molecular weight excluding hydrogens is 255 g/mol. The number of rotatable bonds is 5. The van der Waals surface area contributed by atoms with E-state index in [1.807, 2.05) is 18.4 Å². The summed E-state index contributed by atoms with van der Waals surface area (Å²) in [5, 5.41) is 5.11. The minimum absolute atomic E-state index is 0.180. The summed E-state index contributed by atoms with van der Waals surface area (Å²) in [6.45, 7) is 3.59. The number of nitrogens with one attached hydrogen (secondary N) is 1. The zero-order valence-corrected chi connectivity index (χ0v) is 11.1. The third-order valence-electron chi connectivity index (χ3n) is 2.21. The lowest BCUT2D eigenvalue weighted by atomic mass is 10.2. The second kappa shape index (κ2) is 6.14. The first-order valence-corrected chi connectivity index (χ1v) is 7.06. The molecule has 2 rings (SSSR count). The van der Waals surface area contributed by atoms with Crippen LogP contribution in [0.15, 0.2) is 39.0 Å². The van der Waals surface area contributed by atoms with Crippen molar-refractivity contribution in [2.45, 2.75) is 22.7 Å². The maximum Gasteiger partial charge on any atom is 0.154 e. The number of nitrogens with zero attached hydrogens (tertiary/aromatic N) is 1. The van der Waals surface area contributed by atoms with Gasteiger partial charge in [-0.3, -0.25) is 0 Å². The molecule has 0 aliphatic heterocycles. The Morgan fingerprint density at radius 3 is 3.06 bits per heavy atom. The van der Waals surface area contributed by atoms with E-state index in [2.05, 4.69) is 10.3 Å². The standard InChI is InChI=1S/C12H13FN2S2/c1-2-14-8-9-4-3-5-10(13)11(9)17-12-15-6-7-16-12/h3-7,14H,2,8H2,1H3. The van der Waals surface area contributed by atoms with Crippen LogP contribution in [0.3, 0.4) is 0 Å². The average molecular weight is 268 g/mol. The van der Waals surface area contributed by atoms with E-state index in [1.165, 1.54) is 29.2 Å². The maximum absolute atomic E-state index is 13.8. The molecule has 17 heavy (non-hydrogen) atoms. The lowest BCUT2D eigenvalue weighted by Crippen LogP contribution is -2.12. The van der Waals surface area contributed by atoms with Gasteiger partial charge in [0.15, 0.2) is 4.34 Å². The molecule has 1 aromatic heterocycles. The van der Waals surface area contributed by atoms with Gasteiger partial charge in [-0.1, -0.05) is 30.8 Å². The molecule has 0 bridgehead atoms. The highest BCUT2D eigenvalue weighted by Crippen LogP contribution is 2.33. The van der Waals surface area contributed by atoms with Crippen molar-refractivity contribution in [1.82, 2.24) is 10.3 Å². The molecule has 1 heterocycles. The normalized spacial score (nSPS) is 10.7. The highest BCUT2D eigenvalue weighted by Gasteiger charge is 2.11. The second-order valence-corrected chi connectivity index (χ2v) is 5.56. The molecule has 90 valence electrons. The zero-order valence-electron chi connectivity index (χ0n) is 9.44. The minimum atomic E-state index is -0.180. The van der Waals surface area contributed by atoms with Crippen LogP contribution in [0.5, 0.6) is 0 Å². The summed E-state index contributed by atoms with van der Waals surface area (Å²) in [5.41, 5.74) is 0.979. The Morgan fingerprint density at radius 2 is 2.35 bits per heavy atom. The fourth-order valence-electron chi connectivity index (χ4n) is 1.41. The summed E-state index contributed by atoms with van der Waals surface area (Å²) < 4.78 is 14.7. The summed E-state index contributed by atoms with van der Waals surface area (Å²) in [6, 6.07) is 5.18. The van der Waals surface area contributed by atoms with Gasteiger partial charge in [0.1, 0.15) is 5.82 Å². The van der Waals surface area contributed by atoms with Crippen LogP contribution in [0.4, 0.5) is 4.39 Å². The van der Waals surface area contributed by atoms with Crippen LogP contribution in [0.2, 0.25) is 0 Å². The molecule has 0 amide bonds. The van der Waals surface area contributed by atoms with E-state index >= 15 is 0 Å². The summed E-state index contributed by atoms with van der Waals surface area (Å²) in [4.78, 5) is 4.84. The highest BCUT2D eigenvalue weighted by atomic mass is 32.2. The first-order chi connectivity index (χ1) is 8.31. The van der Waals surface area contributed by atoms with Gasteiger partial charge in [-0.05, 0) is 18.2 Å². The van der Waals surface area contributed by atoms with Gasteiger partial charge in [-0.25, -0.2) is 9.37 Å². The summed E-state index contributed by atoms with van der Waals surface area (Å²) in [7, 11) is 0. The maximum atomic E-state index is 13.8. The van der Waals surface area contributed by atoms with E-state index in [4.69, 9.17) is 0 Å². The Balaban J connectivity index is 2.24. The van der Waals surface area contributed by atoms with Gasteiger partial charge < -0.3 is 5.32 Å². The van der Waals surface area contributed by atoms with Crippen LogP contribution in [0.25, 0.3) is 0 Å². The van der Waals surface area contributed by atoms with Gasteiger partial charge in [-0.2, -0.15) is 0 Å². The van der Waals surface area contributed by atoms with E-state index < -0.39 is 0 Å². The van der Waals surface area contributed by atoms with Crippen molar-refractivity contribution < 1.29 is 4.39 Å². The molecule has 1 N–H and O–H groups in total. The number of thiazole rings is 1. The topological polar surface area (TPSA) is 24.9 Å². The molecule has 0 saturated heterocycles. The lowest BCUT2D eigenvalue weighted by Gasteiger charge is -2.09. The molecule has 0 fully saturated rings. The lowest BCUT2D eigenvalue weighted by molar-refractivity contribution is 0.591. The van der Waals surface area contributed by atoms with Crippen LogP contribution >= 0.6 is 23.1 Å². The first-order valence-electron chi connectivity index (χ1n) is 5.36. The SMILES string of the molecule is CCNCc1cccc(F)c1Sc1nccs1. The highest BCUT2D eigenvalue weighted by molar-refractivity contribution is 8.01. The number of benzene rings is 1. The van der Waals surface area contributed by atoms with Crippen molar-refractivity contribution in [1.29, 1.82) is 0 Å². The van der Waals surface area contributed by atoms with Gasteiger partial charge >= 0.3 is 0 Å². The van der Waals surface area contributed by atoms with Crippen LogP contribution in [-0.4, -0.2) is 11.5 Å². The van der Waals surface area contributed by atoms with Crippen LogP contribution in [0, 0.1) is 5.82 Å². The molecule has 0 unspecified atom stereocenters. The van der Waals surface area contributed by atoms with Crippen molar-refractivity contribution in [2.24, 2.45) is 0 Å². The van der Waals surface area contributed by atoms with Gasteiger partial charge in [0.05, 0.1) is 4.90 Å². The number of halogens is 1. The molecule has 5 heteroatoms. The van der Waals surface area contributed by atoms with Crippen molar-refractivity contribution in [3.05, 3.63) is 41.2 Å². The molecule has 0 saturated carbocycles. The predicted molar refractivity (Wildman–Crippen MR) is 70.0 cm³/mol. The largest absolute Gasteiger partial charge is 0.313 e. The zero-order chi connectivity index (χ0) is 12.1. The molecule has 0 spiro atoms. The molecule has 2 aromatic rings. The van der Waals surface area contributed by atoms with Crippen molar-refractivity contribution in [3.8, 4) is 0 Å². The molecule has 0 atom stereocenters. The first kappa shape index (κ1) is 12.5. The fourth-order valence-corrected chi connectivity index (χ4v) is 3.11. The third-order valence-corrected chi connectivity index (χ3v) is 4.26. The molecule has 0 radical (unpaired) electrons. The molecule has 2 nitrogen and oxygen atoms in total. The molecule has 0 aliphatic carbocycles. The molecular formula is C12H13FN2S2. The predicted octanol–water partition coefficient (Wildman–Crippen LogP) is 3.54. The molecule has 0 aliphatic rings. The van der Waals surface area contributed by atoms with E-state index in [0.717, 1.165) is 16.4 Å². The smallest absolute Gasteiger partial charge is 0.154 e. The van der Waals surface area contributed by atoms with E-state index in [-0.39, 0.29) is 5.82 Å². The quantitative estimate of drug-likeness (QED) is 0.897. The monoisotopic (exact) mass is 268 g/mol. The van der Waals surface area contributed by atoms with Crippen LogP contribution in [-0.2, 0) is 6.54 Å². The average Bonchev–Trinajstić information content (AvgIpc) is 2.83. The Hall–Kier alpha value is -0.910. The van der Waals surface area contributed by atoms with Gasteiger partial charge in [-0.15, -0.1) is 11.3 Å². The van der Waals surface area contributed by atoms with Crippen molar-refractivity contribution in [2.75, 3.05) is 6.54 Å². The summed E-state index contributed by atoms with van der Waals surface area (Å²) >= 11 is 2.91. The Labute approximate surface area is 108 Å². The van der Waals surface area contributed by atoms with Crippen LogP contribution < -0.4 is 5.32 Å². The van der Waals surface area contributed by atoms with Gasteiger partial charge in [0.2, 0.25) is 0 Å². The third kappa shape index (κ3) is 3.28. The Kier molecular flexibility index (Phi) is 4.53. The van der Waals surface area contributed by atoms with Crippen molar-refractivity contribution in [3.63, 3.8) is 0 Å². The Morgan fingerprint density at radius 1 is 1.47 bits per heavy atom. The van der Waals surface area contributed by atoms with Gasteiger partial charge in [0.25, 0.3) is 0 Å². The van der Waals surface area contributed by atoms with E-state index in [0.29, 0.717) is 11.4 Å². The summed E-state index contributed by atoms with van der Waals surface area (Å²) in [5.74, 6) is -0.180. The number of hydrogen-bond donors (Lipinski definition) is 1. The van der Waals surface area contributed by atoms with Crippen LogP contribution in [0.1, 0.15) is 12.5 Å². The number of hydrogen-bond acceptors (Lipinski definition) is 4. The fraction of sp³-hybridized carbons (Fsp3) is 0.250.